The van der Waals surface area contributed by atoms with Gasteiger partial charge in [0.25, 0.3) is 5.91 Å². The first-order valence-electron chi connectivity index (χ1n) is 7.68. The zero-order valence-corrected chi connectivity index (χ0v) is 13.8. The molecule has 1 aliphatic heterocycles. The molecule has 2 N–H and O–H groups in total. The minimum absolute atomic E-state index is 0.129. The summed E-state index contributed by atoms with van der Waals surface area (Å²) in [5, 5.41) is 0. The van der Waals surface area contributed by atoms with Crippen LogP contribution in [0.5, 0.6) is 11.5 Å². The summed E-state index contributed by atoms with van der Waals surface area (Å²) < 4.78 is 29.1. The number of fused-ring (bicyclic) bond motifs is 1. The average molecular weight is 361 g/mol. The highest BCUT2D eigenvalue weighted by molar-refractivity contribution is 5.99. The Morgan fingerprint density at radius 1 is 1.42 bits per heavy atom. The van der Waals surface area contributed by atoms with Crippen LogP contribution in [0.4, 0.5) is 14.9 Å². The van der Waals surface area contributed by atoms with Crippen LogP contribution in [0.15, 0.2) is 36.5 Å². The minimum Gasteiger partial charge on any atom is -0.489 e. The Morgan fingerprint density at radius 3 is 2.96 bits per heavy atom. The molecule has 136 valence electrons. The van der Waals surface area contributed by atoms with Crippen molar-refractivity contribution in [2.75, 3.05) is 18.6 Å². The fraction of sp³-hybridized carbons (Fsp3) is 0.235. The number of pyridine rings is 1. The third-order valence-electron chi connectivity index (χ3n) is 3.74. The Morgan fingerprint density at radius 2 is 2.23 bits per heavy atom. The lowest BCUT2D eigenvalue weighted by Crippen LogP contribution is -2.41. The molecule has 9 heteroatoms. The van der Waals surface area contributed by atoms with Crippen molar-refractivity contribution in [3.8, 4) is 11.5 Å². The number of primary amides is 1. The second kappa shape index (κ2) is 7.26. The third kappa shape index (κ3) is 3.82. The Bertz CT molecular complexity index is 845. The fourth-order valence-corrected chi connectivity index (χ4v) is 2.47. The second-order valence-corrected chi connectivity index (χ2v) is 5.54. The zero-order chi connectivity index (χ0) is 18.7. The number of ether oxygens (including phenoxy) is 3. The molecule has 0 fully saturated rings. The standard InChI is InChI=1S/C17H16FN3O5/c1-21-12-7-11(24-8-10-4-5-20-15(18)6-10)2-3-13(12)25-9-14(16(21)22)26-17(19)23/h2-7,14H,8-9H2,1H3,(H2,19,23)/t14-/m0/s1. The van der Waals surface area contributed by atoms with E-state index < -0.39 is 24.1 Å². The molecular weight excluding hydrogens is 345 g/mol. The Balaban J connectivity index is 1.77. The van der Waals surface area contributed by atoms with Crippen molar-refractivity contribution in [1.29, 1.82) is 0 Å². The minimum atomic E-state index is -1.13. The molecule has 1 aliphatic rings. The summed E-state index contributed by atoms with van der Waals surface area (Å²) in [5.74, 6) is -0.180. The molecule has 0 unspecified atom stereocenters. The molecule has 2 aromatic rings. The van der Waals surface area contributed by atoms with Gasteiger partial charge in [-0.3, -0.25) is 4.79 Å². The molecular formula is C17H16FN3O5. The molecule has 0 radical (unpaired) electrons. The largest absolute Gasteiger partial charge is 0.489 e. The lowest BCUT2D eigenvalue weighted by atomic mass is 10.2. The summed E-state index contributed by atoms with van der Waals surface area (Å²) in [6, 6.07) is 7.81. The Labute approximate surface area is 148 Å². The maximum atomic E-state index is 13.1. The van der Waals surface area contributed by atoms with Crippen molar-refractivity contribution in [2.24, 2.45) is 5.73 Å². The van der Waals surface area contributed by atoms with Gasteiger partial charge >= 0.3 is 6.09 Å². The van der Waals surface area contributed by atoms with Gasteiger partial charge < -0.3 is 24.8 Å². The molecule has 0 bridgehead atoms. The van der Waals surface area contributed by atoms with Crippen LogP contribution in [0, 0.1) is 5.95 Å². The number of carbonyl (C=O) groups is 2. The summed E-state index contributed by atoms with van der Waals surface area (Å²) in [6.07, 6.45) is -0.835. The van der Waals surface area contributed by atoms with Crippen LogP contribution in [0.2, 0.25) is 0 Å². The fourth-order valence-electron chi connectivity index (χ4n) is 2.47. The number of likely N-dealkylation sites (N-methyl/N-ethyl adjacent to an activating group) is 1. The highest BCUT2D eigenvalue weighted by Crippen LogP contribution is 2.34. The van der Waals surface area contributed by atoms with E-state index in [-0.39, 0.29) is 13.2 Å². The molecule has 0 saturated heterocycles. The number of aromatic nitrogens is 1. The lowest BCUT2D eigenvalue weighted by molar-refractivity contribution is -0.127. The maximum absolute atomic E-state index is 13.1. The van der Waals surface area contributed by atoms with Crippen LogP contribution >= 0.6 is 0 Å². The smallest absolute Gasteiger partial charge is 0.405 e. The number of carbonyl (C=O) groups excluding carboxylic acids is 2. The SMILES string of the molecule is CN1C(=O)[C@@H](OC(N)=O)COc2ccc(OCc3ccnc(F)c3)cc21. The summed E-state index contributed by atoms with van der Waals surface area (Å²) in [4.78, 5) is 28.1. The van der Waals surface area contributed by atoms with Crippen LogP contribution in [0.3, 0.4) is 0 Å². The van der Waals surface area contributed by atoms with E-state index in [4.69, 9.17) is 19.9 Å². The molecule has 0 aliphatic carbocycles. The summed E-state index contributed by atoms with van der Waals surface area (Å²) >= 11 is 0. The number of rotatable bonds is 4. The molecule has 1 aromatic heterocycles. The third-order valence-corrected chi connectivity index (χ3v) is 3.74. The summed E-state index contributed by atoms with van der Waals surface area (Å²) in [6.45, 7) is -0.0141. The van der Waals surface area contributed by atoms with E-state index in [1.807, 2.05) is 0 Å². The van der Waals surface area contributed by atoms with Crippen LogP contribution in [-0.4, -0.2) is 36.7 Å². The van der Waals surface area contributed by atoms with E-state index >= 15 is 0 Å². The first-order chi connectivity index (χ1) is 12.4. The van der Waals surface area contributed by atoms with Crippen molar-refractivity contribution >= 4 is 17.7 Å². The number of benzene rings is 1. The second-order valence-electron chi connectivity index (χ2n) is 5.54. The van der Waals surface area contributed by atoms with Gasteiger partial charge in [0.05, 0.1) is 5.69 Å². The van der Waals surface area contributed by atoms with Crippen LogP contribution in [0.25, 0.3) is 0 Å². The average Bonchev–Trinajstić information content (AvgIpc) is 2.72. The lowest BCUT2D eigenvalue weighted by Gasteiger charge is -2.19. The zero-order valence-electron chi connectivity index (χ0n) is 13.8. The van der Waals surface area contributed by atoms with Crippen molar-refractivity contribution < 1.29 is 28.2 Å². The van der Waals surface area contributed by atoms with Gasteiger partial charge in [0.15, 0.2) is 0 Å². The highest BCUT2D eigenvalue weighted by Gasteiger charge is 2.32. The number of halogens is 1. The van der Waals surface area contributed by atoms with E-state index in [9.17, 15) is 14.0 Å². The maximum Gasteiger partial charge on any atom is 0.405 e. The number of hydrogen-bond donors (Lipinski definition) is 1. The molecule has 2 heterocycles. The quantitative estimate of drug-likeness (QED) is 0.830. The molecule has 0 spiro atoms. The Kier molecular flexibility index (Phi) is 4.87. The predicted molar refractivity (Wildman–Crippen MR) is 88.3 cm³/mol. The number of anilines is 1. The monoisotopic (exact) mass is 361 g/mol. The van der Waals surface area contributed by atoms with Gasteiger partial charge in [0.1, 0.15) is 24.7 Å². The van der Waals surface area contributed by atoms with E-state index in [1.54, 1.807) is 24.3 Å². The van der Waals surface area contributed by atoms with Gasteiger partial charge in [-0.05, 0) is 29.8 Å². The first kappa shape index (κ1) is 17.5. The van der Waals surface area contributed by atoms with E-state index in [1.165, 1.54) is 24.2 Å². The van der Waals surface area contributed by atoms with Crippen LogP contribution in [-0.2, 0) is 16.1 Å². The number of hydrogen-bond acceptors (Lipinski definition) is 6. The number of amides is 2. The number of nitrogens with two attached hydrogens (primary N) is 1. The van der Waals surface area contributed by atoms with Crippen LogP contribution in [0.1, 0.15) is 5.56 Å². The van der Waals surface area contributed by atoms with Crippen molar-refractivity contribution in [3.63, 3.8) is 0 Å². The first-order valence-corrected chi connectivity index (χ1v) is 7.68. The van der Waals surface area contributed by atoms with Crippen LogP contribution < -0.4 is 20.1 Å². The van der Waals surface area contributed by atoms with Crippen molar-refractivity contribution in [2.45, 2.75) is 12.7 Å². The topological polar surface area (TPSA) is 104 Å². The molecule has 3 rings (SSSR count). The van der Waals surface area contributed by atoms with Gasteiger partial charge in [-0.15, -0.1) is 0 Å². The van der Waals surface area contributed by atoms with Gasteiger partial charge in [-0.1, -0.05) is 0 Å². The Hall–Kier alpha value is -3.36. The molecule has 26 heavy (non-hydrogen) atoms. The molecule has 1 aromatic carbocycles. The number of nitrogens with zero attached hydrogens (tertiary/aromatic N) is 2. The molecule has 1 atom stereocenters. The van der Waals surface area contributed by atoms with Gasteiger partial charge in [0, 0.05) is 19.3 Å². The molecule has 2 amide bonds. The molecule has 0 saturated carbocycles. The van der Waals surface area contributed by atoms with Gasteiger partial charge in [0.2, 0.25) is 12.1 Å². The molecule has 8 nitrogen and oxygen atoms in total. The predicted octanol–water partition coefficient (Wildman–Crippen LogP) is 1.62. The van der Waals surface area contributed by atoms with Gasteiger partial charge in [-0.25, -0.2) is 9.78 Å². The van der Waals surface area contributed by atoms with E-state index in [0.717, 1.165) is 0 Å². The highest BCUT2D eigenvalue weighted by atomic mass is 19.1. The summed E-state index contributed by atoms with van der Waals surface area (Å²) in [7, 11) is 1.52. The van der Waals surface area contributed by atoms with Crippen molar-refractivity contribution in [1.82, 2.24) is 4.98 Å². The normalized spacial score (nSPS) is 16.3. The van der Waals surface area contributed by atoms with Crippen molar-refractivity contribution in [3.05, 3.63) is 48.0 Å². The van der Waals surface area contributed by atoms with E-state index in [2.05, 4.69) is 4.98 Å². The summed E-state index contributed by atoms with van der Waals surface area (Å²) in [5.41, 5.74) is 6.04. The van der Waals surface area contributed by atoms with Gasteiger partial charge in [-0.2, -0.15) is 4.39 Å². The van der Waals surface area contributed by atoms with E-state index in [0.29, 0.717) is 22.7 Å².